The SMILES string of the molecule is CCc1cccc(CC)c1NC(=O)C1CC(=O)N(c2cccc(C)c2)C1. The Labute approximate surface area is 155 Å². The summed E-state index contributed by atoms with van der Waals surface area (Å²) in [4.78, 5) is 27.0. The molecule has 1 N–H and O–H groups in total. The van der Waals surface area contributed by atoms with Crippen LogP contribution in [0.3, 0.4) is 0 Å². The predicted octanol–water partition coefficient (Wildman–Crippen LogP) is 4.11. The van der Waals surface area contributed by atoms with Gasteiger partial charge in [0, 0.05) is 24.3 Å². The molecule has 4 nitrogen and oxygen atoms in total. The Morgan fingerprint density at radius 1 is 1.12 bits per heavy atom. The minimum atomic E-state index is -0.322. The van der Waals surface area contributed by atoms with Crippen LogP contribution in [0.2, 0.25) is 0 Å². The first-order valence-electron chi connectivity index (χ1n) is 9.32. The molecular formula is C22H26N2O2. The molecule has 0 spiro atoms. The number of aryl methyl sites for hydroxylation is 3. The predicted molar refractivity (Wildman–Crippen MR) is 105 cm³/mol. The van der Waals surface area contributed by atoms with Crippen molar-refractivity contribution >= 4 is 23.2 Å². The van der Waals surface area contributed by atoms with E-state index >= 15 is 0 Å². The Kier molecular flexibility index (Phi) is 5.40. The monoisotopic (exact) mass is 350 g/mol. The second-order valence-electron chi connectivity index (χ2n) is 6.89. The highest BCUT2D eigenvalue weighted by atomic mass is 16.2. The van der Waals surface area contributed by atoms with Crippen molar-refractivity contribution in [3.05, 3.63) is 59.2 Å². The molecule has 0 bridgehead atoms. The van der Waals surface area contributed by atoms with Crippen LogP contribution in [0, 0.1) is 12.8 Å². The standard InChI is InChI=1S/C22H26N2O2/c1-4-16-9-7-10-17(5-2)21(16)23-22(26)18-13-20(25)24(14-18)19-11-6-8-15(3)12-19/h6-12,18H,4-5,13-14H2,1-3H3,(H,23,26). The lowest BCUT2D eigenvalue weighted by molar-refractivity contribution is -0.122. The van der Waals surface area contributed by atoms with Gasteiger partial charge in [0.2, 0.25) is 11.8 Å². The molecule has 1 aliphatic rings. The van der Waals surface area contributed by atoms with Crippen molar-refractivity contribution in [2.24, 2.45) is 5.92 Å². The highest BCUT2D eigenvalue weighted by molar-refractivity contribution is 6.04. The lowest BCUT2D eigenvalue weighted by atomic mass is 10.0. The molecule has 0 radical (unpaired) electrons. The second-order valence-corrected chi connectivity index (χ2v) is 6.89. The van der Waals surface area contributed by atoms with Gasteiger partial charge in [-0.15, -0.1) is 0 Å². The zero-order valence-corrected chi connectivity index (χ0v) is 15.7. The van der Waals surface area contributed by atoms with Crippen molar-refractivity contribution in [1.29, 1.82) is 0 Å². The van der Waals surface area contributed by atoms with Crippen LogP contribution >= 0.6 is 0 Å². The van der Waals surface area contributed by atoms with Gasteiger partial charge in [0.15, 0.2) is 0 Å². The number of rotatable bonds is 5. The summed E-state index contributed by atoms with van der Waals surface area (Å²) in [6, 6.07) is 14.0. The number of carbonyl (C=O) groups is 2. The highest BCUT2D eigenvalue weighted by Crippen LogP contribution is 2.28. The molecule has 1 heterocycles. The number of benzene rings is 2. The van der Waals surface area contributed by atoms with Gasteiger partial charge in [-0.1, -0.05) is 44.2 Å². The van der Waals surface area contributed by atoms with Crippen LogP contribution < -0.4 is 10.2 Å². The number of carbonyl (C=O) groups excluding carboxylic acids is 2. The van der Waals surface area contributed by atoms with Crippen LogP contribution in [0.25, 0.3) is 0 Å². The number of nitrogens with zero attached hydrogens (tertiary/aromatic N) is 1. The number of hydrogen-bond acceptors (Lipinski definition) is 2. The molecule has 4 heteroatoms. The number of hydrogen-bond donors (Lipinski definition) is 1. The third-order valence-electron chi connectivity index (χ3n) is 5.06. The Morgan fingerprint density at radius 2 is 1.77 bits per heavy atom. The van der Waals surface area contributed by atoms with Gasteiger partial charge in [-0.05, 0) is 48.6 Å². The fraction of sp³-hybridized carbons (Fsp3) is 0.364. The first kappa shape index (κ1) is 18.2. The molecule has 3 rings (SSSR count). The number of nitrogens with one attached hydrogen (secondary N) is 1. The summed E-state index contributed by atoms with van der Waals surface area (Å²) in [5.74, 6) is -0.378. The minimum absolute atomic E-state index is 0.00948. The zero-order valence-electron chi connectivity index (χ0n) is 15.7. The second kappa shape index (κ2) is 7.73. The molecule has 1 unspecified atom stereocenters. The van der Waals surface area contributed by atoms with Crippen LogP contribution in [0.5, 0.6) is 0 Å². The minimum Gasteiger partial charge on any atom is -0.325 e. The molecule has 0 saturated carbocycles. The van der Waals surface area contributed by atoms with Crippen LogP contribution in [-0.2, 0) is 22.4 Å². The van der Waals surface area contributed by atoms with Gasteiger partial charge >= 0.3 is 0 Å². The number of anilines is 2. The van der Waals surface area contributed by atoms with E-state index in [1.54, 1.807) is 4.90 Å². The molecule has 1 saturated heterocycles. The summed E-state index contributed by atoms with van der Waals surface area (Å²) in [6.45, 7) is 6.61. The molecule has 1 aliphatic heterocycles. The smallest absolute Gasteiger partial charge is 0.229 e. The van der Waals surface area contributed by atoms with Crippen molar-refractivity contribution in [3.63, 3.8) is 0 Å². The maximum Gasteiger partial charge on any atom is 0.229 e. The highest BCUT2D eigenvalue weighted by Gasteiger charge is 2.35. The van der Waals surface area contributed by atoms with Gasteiger partial charge in [0.25, 0.3) is 0 Å². The summed E-state index contributed by atoms with van der Waals surface area (Å²) in [6.07, 6.45) is 1.99. The van der Waals surface area contributed by atoms with E-state index in [0.717, 1.165) is 40.9 Å². The Bertz CT molecular complexity index is 806. The lowest BCUT2D eigenvalue weighted by Crippen LogP contribution is -2.28. The summed E-state index contributed by atoms with van der Waals surface area (Å²) >= 11 is 0. The average molecular weight is 350 g/mol. The molecule has 1 atom stereocenters. The van der Waals surface area contributed by atoms with Gasteiger partial charge in [-0.3, -0.25) is 9.59 Å². The van der Waals surface area contributed by atoms with Crippen LogP contribution in [0.15, 0.2) is 42.5 Å². The van der Waals surface area contributed by atoms with E-state index in [-0.39, 0.29) is 24.2 Å². The van der Waals surface area contributed by atoms with Gasteiger partial charge in [-0.25, -0.2) is 0 Å². The molecule has 0 aromatic heterocycles. The topological polar surface area (TPSA) is 49.4 Å². The lowest BCUT2D eigenvalue weighted by Gasteiger charge is -2.18. The third kappa shape index (κ3) is 3.64. The van der Waals surface area contributed by atoms with Crippen molar-refractivity contribution in [1.82, 2.24) is 0 Å². The van der Waals surface area contributed by atoms with Crippen molar-refractivity contribution < 1.29 is 9.59 Å². The van der Waals surface area contributed by atoms with E-state index < -0.39 is 0 Å². The molecule has 2 aromatic carbocycles. The van der Waals surface area contributed by atoms with E-state index in [9.17, 15) is 9.59 Å². The van der Waals surface area contributed by atoms with E-state index in [4.69, 9.17) is 0 Å². The fourth-order valence-electron chi connectivity index (χ4n) is 3.56. The third-order valence-corrected chi connectivity index (χ3v) is 5.06. The first-order valence-corrected chi connectivity index (χ1v) is 9.32. The summed E-state index contributed by atoms with van der Waals surface area (Å²) in [5, 5.41) is 3.11. The quantitative estimate of drug-likeness (QED) is 0.882. The van der Waals surface area contributed by atoms with E-state index in [2.05, 4.69) is 19.2 Å². The van der Waals surface area contributed by atoms with E-state index in [1.165, 1.54) is 0 Å². The van der Waals surface area contributed by atoms with E-state index in [1.807, 2.05) is 49.4 Å². The molecule has 2 amide bonds. The normalized spacial score (nSPS) is 16.8. The van der Waals surface area contributed by atoms with Crippen molar-refractivity contribution in [3.8, 4) is 0 Å². The van der Waals surface area contributed by atoms with Gasteiger partial charge in [0.1, 0.15) is 0 Å². The molecule has 2 aromatic rings. The maximum absolute atomic E-state index is 12.9. The number of amides is 2. The van der Waals surface area contributed by atoms with Crippen molar-refractivity contribution in [2.75, 3.05) is 16.8 Å². The molecule has 136 valence electrons. The Morgan fingerprint density at radius 3 is 2.38 bits per heavy atom. The van der Waals surface area contributed by atoms with Gasteiger partial charge in [-0.2, -0.15) is 0 Å². The largest absolute Gasteiger partial charge is 0.325 e. The average Bonchev–Trinajstić information content (AvgIpc) is 3.03. The van der Waals surface area contributed by atoms with Gasteiger partial charge < -0.3 is 10.2 Å². The number of para-hydroxylation sites is 1. The Hall–Kier alpha value is -2.62. The molecule has 1 fully saturated rings. The van der Waals surface area contributed by atoms with Crippen LogP contribution in [0.1, 0.15) is 37.0 Å². The summed E-state index contributed by atoms with van der Waals surface area (Å²) in [5.41, 5.74) is 5.17. The van der Waals surface area contributed by atoms with Crippen LogP contribution in [0.4, 0.5) is 11.4 Å². The zero-order chi connectivity index (χ0) is 18.7. The maximum atomic E-state index is 12.9. The molecule has 0 aliphatic carbocycles. The summed E-state index contributed by atoms with van der Waals surface area (Å²) in [7, 11) is 0. The van der Waals surface area contributed by atoms with Crippen LogP contribution in [-0.4, -0.2) is 18.4 Å². The van der Waals surface area contributed by atoms with Gasteiger partial charge in [0.05, 0.1) is 5.92 Å². The Balaban J connectivity index is 1.77. The fourth-order valence-corrected chi connectivity index (χ4v) is 3.56. The van der Waals surface area contributed by atoms with E-state index in [0.29, 0.717) is 6.54 Å². The summed E-state index contributed by atoms with van der Waals surface area (Å²) < 4.78 is 0. The van der Waals surface area contributed by atoms with Crippen molar-refractivity contribution in [2.45, 2.75) is 40.0 Å². The first-order chi connectivity index (χ1) is 12.5. The molecule has 26 heavy (non-hydrogen) atoms. The molecular weight excluding hydrogens is 324 g/mol.